The number of halogens is 3. The average molecular weight is 674 g/mol. The average Bonchev–Trinajstić information content (AvgIpc) is 2.96. The van der Waals surface area contributed by atoms with Gasteiger partial charge in [-0.2, -0.15) is 9.78 Å². The molecule has 1 aliphatic rings. The Balaban J connectivity index is 1.53. The first kappa shape index (κ1) is 27.9. The van der Waals surface area contributed by atoms with Gasteiger partial charge in [0.05, 0.1) is 23.7 Å². The van der Waals surface area contributed by atoms with Gasteiger partial charge in [-0.1, -0.05) is 71.1 Å². The number of hydrogen-bond acceptors (Lipinski definition) is 5. The molecule has 1 fully saturated rings. The van der Waals surface area contributed by atoms with Gasteiger partial charge in [0, 0.05) is 20.4 Å². The number of rotatable bonds is 8. The van der Waals surface area contributed by atoms with Gasteiger partial charge >= 0.3 is 0 Å². The molecule has 1 heterocycles. The Morgan fingerprint density at radius 3 is 2.56 bits per heavy atom. The van der Waals surface area contributed by atoms with E-state index < -0.39 is 0 Å². The number of aromatic nitrogens is 2. The Morgan fingerprint density at radius 2 is 1.82 bits per heavy atom. The molecule has 1 aromatic heterocycles. The van der Waals surface area contributed by atoms with Gasteiger partial charge in [-0.05, 0) is 71.6 Å². The monoisotopic (exact) mass is 671 g/mol. The molecule has 0 radical (unpaired) electrons. The van der Waals surface area contributed by atoms with Crippen LogP contribution in [0.25, 0.3) is 10.9 Å². The molecule has 9 heteroatoms. The molecule has 39 heavy (non-hydrogen) atoms. The molecule has 0 N–H and O–H groups in total. The van der Waals surface area contributed by atoms with Crippen molar-refractivity contribution >= 4 is 60.6 Å². The lowest BCUT2D eigenvalue weighted by Crippen LogP contribution is -2.25. The first-order chi connectivity index (χ1) is 19.0. The van der Waals surface area contributed by atoms with Crippen molar-refractivity contribution < 1.29 is 9.47 Å². The number of nitrogens with zero attached hydrogens (tertiary/aromatic N) is 3. The number of fused-ring (bicyclic) bond motifs is 1. The van der Waals surface area contributed by atoms with Gasteiger partial charge in [0.2, 0.25) is 0 Å². The van der Waals surface area contributed by atoms with Gasteiger partial charge in [0.25, 0.3) is 5.56 Å². The van der Waals surface area contributed by atoms with Gasteiger partial charge in [0.1, 0.15) is 17.5 Å². The topological polar surface area (TPSA) is 65.7 Å². The van der Waals surface area contributed by atoms with Crippen molar-refractivity contribution in [3.05, 3.63) is 95.9 Å². The summed E-state index contributed by atoms with van der Waals surface area (Å²) in [7, 11) is 0. The summed E-state index contributed by atoms with van der Waals surface area (Å²) >= 11 is 13.8. The maximum absolute atomic E-state index is 13.6. The summed E-state index contributed by atoms with van der Waals surface area (Å²) in [5, 5.41) is 5.57. The fourth-order valence-electron chi connectivity index (χ4n) is 4.83. The Morgan fingerprint density at radius 1 is 1.08 bits per heavy atom. The van der Waals surface area contributed by atoms with Crippen molar-refractivity contribution in [3.8, 4) is 11.5 Å². The molecule has 0 spiro atoms. The first-order valence-corrected chi connectivity index (χ1v) is 15.0. The molecule has 0 aliphatic heterocycles. The van der Waals surface area contributed by atoms with Gasteiger partial charge in [-0.15, -0.1) is 0 Å². The van der Waals surface area contributed by atoms with Crippen LogP contribution in [0.2, 0.25) is 5.02 Å². The molecule has 0 amide bonds. The fourth-order valence-corrected chi connectivity index (χ4v) is 5.75. The highest BCUT2D eigenvalue weighted by Crippen LogP contribution is 2.43. The minimum absolute atomic E-state index is 0.181. The second-order valence-electron chi connectivity index (χ2n) is 9.45. The highest BCUT2D eigenvalue weighted by Gasteiger charge is 2.23. The molecule has 0 saturated heterocycles. The molecule has 0 unspecified atom stereocenters. The van der Waals surface area contributed by atoms with Crippen molar-refractivity contribution in [1.29, 1.82) is 0 Å². The maximum Gasteiger partial charge on any atom is 0.282 e. The second kappa shape index (κ2) is 12.7. The van der Waals surface area contributed by atoms with E-state index in [1.165, 1.54) is 11.1 Å². The third-order valence-electron chi connectivity index (χ3n) is 6.81. The summed E-state index contributed by atoms with van der Waals surface area (Å²) in [5.74, 6) is 1.84. The van der Waals surface area contributed by atoms with E-state index in [2.05, 4.69) is 37.0 Å². The van der Waals surface area contributed by atoms with E-state index in [1.54, 1.807) is 12.3 Å². The Labute approximate surface area is 249 Å². The van der Waals surface area contributed by atoms with Crippen LogP contribution in [0.5, 0.6) is 11.5 Å². The lowest BCUT2D eigenvalue weighted by Gasteiger charge is -2.22. The van der Waals surface area contributed by atoms with Crippen LogP contribution in [0.1, 0.15) is 61.9 Å². The van der Waals surface area contributed by atoms with Crippen LogP contribution < -0.4 is 15.0 Å². The predicted octanol–water partition coefficient (Wildman–Crippen LogP) is 8.48. The molecule has 4 aromatic rings. The molecule has 1 saturated carbocycles. The summed E-state index contributed by atoms with van der Waals surface area (Å²) in [6.45, 7) is 2.66. The van der Waals surface area contributed by atoms with Crippen molar-refractivity contribution in [2.45, 2.75) is 51.6 Å². The molecule has 0 atom stereocenters. The normalized spacial score (nSPS) is 14.3. The minimum Gasteiger partial charge on any atom is -0.490 e. The van der Waals surface area contributed by atoms with E-state index in [0.717, 1.165) is 35.7 Å². The molecule has 202 valence electrons. The van der Waals surface area contributed by atoms with Crippen molar-refractivity contribution in [1.82, 2.24) is 9.66 Å². The molecule has 3 aromatic carbocycles. The Hall–Kier alpha value is -2.68. The molecule has 1 aliphatic carbocycles. The zero-order chi connectivity index (χ0) is 27.4. The van der Waals surface area contributed by atoms with Crippen LogP contribution in [-0.2, 0) is 6.61 Å². The maximum atomic E-state index is 13.6. The van der Waals surface area contributed by atoms with Gasteiger partial charge in [-0.25, -0.2) is 4.98 Å². The SMILES string of the molecule is CCOc1cc(C=Nn2c(C3CCCCC3)nc3ccccc3c2=O)c(Br)c(Cl)c1OCc1ccc(Br)cc1. The minimum atomic E-state index is -0.181. The zero-order valence-electron chi connectivity index (χ0n) is 21.5. The lowest BCUT2D eigenvalue weighted by atomic mass is 9.88. The third-order valence-corrected chi connectivity index (χ3v) is 8.79. The second-order valence-corrected chi connectivity index (χ2v) is 11.5. The number of benzene rings is 3. The van der Waals surface area contributed by atoms with Gasteiger partial charge in [0.15, 0.2) is 11.5 Å². The summed E-state index contributed by atoms with van der Waals surface area (Å²) < 4.78 is 15.0. The highest BCUT2D eigenvalue weighted by molar-refractivity contribution is 9.10. The standard InChI is InChI=1S/C30H28Br2ClN3O3/c1-2-38-25-16-21(26(32)27(33)28(25)39-18-19-12-14-22(31)15-13-19)17-34-36-29(20-8-4-3-5-9-20)35-24-11-7-6-10-23(24)30(36)37/h6-7,10-17,20H,2-5,8-9,18H2,1H3. The number of para-hydroxylation sites is 1. The smallest absolute Gasteiger partial charge is 0.282 e. The quantitative estimate of drug-likeness (QED) is 0.176. The predicted molar refractivity (Wildman–Crippen MR) is 164 cm³/mol. The summed E-state index contributed by atoms with van der Waals surface area (Å²) in [5.41, 5.74) is 2.18. The first-order valence-electron chi connectivity index (χ1n) is 13.0. The fraction of sp³-hybridized carbons (Fsp3) is 0.300. The van der Waals surface area contributed by atoms with Crippen LogP contribution in [0, 0.1) is 0 Å². The summed E-state index contributed by atoms with van der Waals surface area (Å²) in [6, 6.07) is 17.1. The van der Waals surface area contributed by atoms with Crippen LogP contribution >= 0.6 is 43.5 Å². The van der Waals surface area contributed by atoms with Crippen LogP contribution in [0.4, 0.5) is 0 Å². The van der Waals surface area contributed by atoms with E-state index >= 15 is 0 Å². The molecule has 0 bridgehead atoms. The molecular weight excluding hydrogens is 646 g/mol. The Kier molecular flexibility index (Phi) is 9.05. The van der Waals surface area contributed by atoms with Crippen LogP contribution in [0.3, 0.4) is 0 Å². The largest absolute Gasteiger partial charge is 0.490 e. The molecule has 6 nitrogen and oxygen atoms in total. The summed E-state index contributed by atoms with van der Waals surface area (Å²) in [6.07, 6.45) is 7.07. The molecule has 5 rings (SSSR count). The third kappa shape index (κ3) is 6.23. The van der Waals surface area contributed by atoms with Gasteiger partial charge < -0.3 is 9.47 Å². The van der Waals surface area contributed by atoms with Crippen molar-refractivity contribution in [2.75, 3.05) is 6.61 Å². The van der Waals surface area contributed by atoms with Crippen LogP contribution in [0.15, 0.2) is 73.4 Å². The highest BCUT2D eigenvalue weighted by atomic mass is 79.9. The van der Waals surface area contributed by atoms with Crippen molar-refractivity contribution in [2.24, 2.45) is 5.10 Å². The lowest BCUT2D eigenvalue weighted by molar-refractivity contribution is 0.269. The van der Waals surface area contributed by atoms with Gasteiger partial charge in [-0.3, -0.25) is 4.79 Å². The van der Waals surface area contributed by atoms with Crippen LogP contribution in [-0.4, -0.2) is 22.5 Å². The van der Waals surface area contributed by atoms with E-state index in [4.69, 9.17) is 26.1 Å². The zero-order valence-corrected chi connectivity index (χ0v) is 25.4. The van der Waals surface area contributed by atoms with E-state index in [0.29, 0.717) is 56.5 Å². The molecular formula is C30H28Br2ClN3O3. The van der Waals surface area contributed by atoms with Crippen molar-refractivity contribution in [3.63, 3.8) is 0 Å². The number of hydrogen-bond donors (Lipinski definition) is 0. The van der Waals surface area contributed by atoms with E-state index in [1.807, 2.05) is 55.5 Å². The Bertz CT molecular complexity index is 1570. The van der Waals surface area contributed by atoms with E-state index in [-0.39, 0.29) is 11.5 Å². The van der Waals surface area contributed by atoms with E-state index in [9.17, 15) is 4.79 Å². The number of ether oxygens (including phenoxy) is 2. The summed E-state index contributed by atoms with van der Waals surface area (Å²) in [4.78, 5) is 18.4.